The minimum absolute atomic E-state index is 0.0927. The summed E-state index contributed by atoms with van der Waals surface area (Å²) in [5.41, 5.74) is 4.87. The number of nitrogens with one attached hydrogen (secondary N) is 1. The van der Waals surface area contributed by atoms with Gasteiger partial charge in [0, 0.05) is 18.6 Å². The third-order valence-electron chi connectivity index (χ3n) is 3.49. The average Bonchev–Trinajstić information content (AvgIpc) is 2.69. The average molecular weight is 273 g/mol. The lowest BCUT2D eigenvalue weighted by Gasteiger charge is -2.33. The summed E-state index contributed by atoms with van der Waals surface area (Å²) in [6.07, 6.45) is 0.466. The van der Waals surface area contributed by atoms with E-state index in [0.29, 0.717) is 19.5 Å². The highest BCUT2D eigenvalue weighted by atomic mass is 16.4. The molecule has 1 saturated heterocycles. The number of aliphatic hydroxyl groups excluding tert-OH is 1. The van der Waals surface area contributed by atoms with E-state index >= 15 is 0 Å². The summed E-state index contributed by atoms with van der Waals surface area (Å²) in [4.78, 5) is 24.9. The van der Waals surface area contributed by atoms with Gasteiger partial charge in [-0.05, 0) is 27.2 Å². The highest BCUT2D eigenvalue weighted by molar-refractivity contribution is 5.90. The highest BCUT2D eigenvalue weighted by Gasteiger charge is 2.44. The Morgan fingerprint density at radius 1 is 1.47 bits per heavy atom. The lowest BCUT2D eigenvalue weighted by atomic mass is 9.98. The standard InChI is InChI=1S/C12H23N3O4/c1-11(2,3)15-5-4-12(13,7-15)10(19)14-8(6-16)9(17)18/h8,16H,4-7,13H2,1-3H3,(H,14,19)(H,17,18)/t8-,12?/m1/s1. The summed E-state index contributed by atoms with van der Waals surface area (Å²) in [7, 11) is 0. The first-order valence-electron chi connectivity index (χ1n) is 6.29. The van der Waals surface area contributed by atoms with Crippen LogP contribution in [0.25, 0.3) is 0 Å². The third-order valence-corrected chi connectivity index (χ3v) is 3.49. The number of aliphatic carboxylic acids is 1. The Morgan fingerprint density at radius 3 is 2.42 bits per heavy atom. The molecule has 1 heterocycles. The monoisotopic (exact) mass is 273 g/mol. The summed E-state index contributed by atoms with van der Waals surface area (Å²) in [5.74, 6) is -1.80. The minimum atomic E-state index is -1.31. The second-order valence-corrected chi connectivity index (χ2v) is 6.05. The Bertz CT molecular complexity index is 366. The molecule has 1 unspecified atom stereocenters. The van der Waals surface area contributed by atoms with Crippen molar-refractivity contribution in [3.05, 3.63) is 0 Å². The predicted molar refractivity (Wildman–Crippen MR) is 69.5 cm³/mol. The maximum Gasteiger partial charge on any atom is 0.328 e. The first-order chi connectivity index (χ1) is 8.60. The molecule has 1 rings (SSSR count). The zero-order valence-electron chi connectivity index (χ0n) is 11.6. The van der Waals surface area contributed by atoms with Crippen LogP contribution in [0.2, 0.25) is 0 Å². The van der Waals surface area contributed by atoms with Crippen molar-refractivity contribution >= 4 is 11.9 Å². The number of nitrogens with two attached hydrogens (primary N) is 1. The van der Waals surface area contributed by atoms with Crippen molar-refractivity contribution in [2.75, 3.05) is 19.7 Å². The molecule has 0 saturated carbocycles. The largest absolute Gasteiger partial charge is 0.480 e. The Kier molecular flexibility index (Phi) is 4.54. The van der Waals surface area contributed by atoms with Gasteiger partial charge in [-0.3, -0.25) is 9.69 Å². The maximum atomic E-state index is 12.1. The van der Waals surface area contributed by atoms with Crippen molar-refractivity contribution in [3.63, 3.8) is 0 Å². The van der Waals surface area contributed by atoms with Gasteiger partial charge in [0.05, 0.1) is 6.61 Å². The first kappa shape index (κ1) is 15.9. The maximum absolute atomic E-state index is 12.1. The zero-order chi connectivity index (χ0) is 14.8. The van der Waals surface area contributed by atoms with Gasteiger partial charge in [-0.15, -0.1) is 0 Å². The molecule has 0 aromatic carbocycles. The van der Waals surface area contributed by atoms with Crippen LogP contribution in [0.3, 0.4) is 0 Å². The van der Waals surface area contributed by atoms with Crippen LogP contribution in [0, 0.1) is 0 Å². The summed E-state index contributed by atoms with van der Waals surface area (Å²) >= 11 is 0. The van der Waals surface area contributed by atoms with Gasteiger partial charge in [0.25, 0.3) is 0 Å². The van der Waals surface area contributed by atoms with E-state index in [1.54, 1.807) is 0 Å². The Balaban J connectivity index is 2.70. The van der Waals surface area contributed by atoms with Crippen LogP contribution in [-0.2, 0) is 9.59 Å². The number of carboxylic acid groups (broad SMARTS) is 1. The Hall–Kier alpha value is -1.18. The van der Waals surface area contributed by atoms with Gasteiger partial charge in [-0.2, -0.15) is 0 Å². The van der Waals surface area contributed by atoms with Crippen molar-refractivity contribution in [3.8, 4) is 0 Å². The van der Waals surface area contributed by atoms with Crippen molar-refractivity contribution in [1.29, 1.82) is 0 Å². The van der Waals surface area contributed by atoms with Crippen LogP contribution < -0.4 is 11.1 Å². The summed E-state index contributed by atoms with van der Waals surface area (Å²) in [6, 6.07) is -1.31. The number of nitrogens with zero attached hydrogens (tertiary/aromatic N) is 1. The van der Waals surface area contributed by atoms with Crippen molar-refractivity contribution < 1.29 is 19.8 Å². The molecule has 0 aliphatic carbocycles. The summed E-state index contributed by atoms with van der Waals surface area (Å²) in [6.45, 7) is 6.50. The van der Waals surface area contributed by atoms with E-state index in [1.807, 2.05) is 20.8 Å². The molecule has 5 N–H and O–H groups in total. The van der Waals surface area contributed by atoms with Crippen LogP contribution in [0.4, 0.5) is 0 Å². The lowest BCUT2D eigenvalue weighted by Crippen LogP contribution is -2.60. The number of amides is 1. The van der Waals surface area contributed by atoms with Crippen molar-refractivity contribution in [1.82, 2.24) is 10.2 Å². The zero-order valence-corrected chi connectivity index (χ0v) is 11.6. The number of hydrogen-bond acceptors (Lipinski definition) is 5. The summed E-state index contributed by atoms with van der Waals surface area (Å²) < 4.78 is 0. The van der Waals surface area contributed by atoms with Gasteiger partial charge in [-0.25, -0.2) is 4.79 Å². The van der Waals surface area contributed by atoms with Crippen LogP contribution in [-0.4, -0.2) is 63.8 Å². The fourth-order valence-corrected chi connectivity index (χ4v) is 2.08. The van der Waals surface area contributed by atoms with Gasteiger partial charge in [0.15, 0.2) is 0 Å². The number of rotatable bonds is 4. The molecule has 0 bridgehead atoms. The molecule has 0 spiro atoms. The molecule has 0 aromatic rings. The van der Waals surface area contributed by atoms with E-state index in [-0.39, 0.29) is 5.54 Å². The summed E-state index contributed by atoms with van der Waals surface area (Å²) in [5, 5.41) is 20.0. The van der Waals surface area contributed by atoms with Gasteiger partial charge in [-0.1, -0.05) is 0 Å². The van der Waals surface area contributed by atoms with E-state index in [1.165, 1.54) is 0 Å². The quantitative estimate of drug-likeness (QED) is 0.508. The topological polar surface area (TPSA) is 116 Å². The fourth-order valence-electron chi connectivity index (χ4n) is 2.08. The number of carbonyl (C=O) groups excluding carboxylic acids is 1. The SMILES string of the molecule is CC(C)(C)N1CCC(N)(C(=O)N[C@H](CO)C(=O)O)C1. The van der Waals surface area contributed by atoms with E-state index in [9.17, 15) is 9.59 Å². The first-order valence-corrected chi connectivity index (χ1v) is 6.29. The molecule has 0 radical (unpaired) electrons. The van der Waals surface area contributed by atoms with Crippen LogP contribution >= 0.6 is 0 Å². The van der Waals surface area contributed by atoms with Crippen LogP contribution in [0.5, 0.6) is 0 Å². The van der Waals surface area contributed by atoms with Gasteiger partial charge < -0.3 is 21.3 Å². The number of aliphatic hydroxyl groups is 1. The van der Waals surface area contributed by atoms with Crippen molar-refractivity contribution in [2.45, 2.75) is 44.3 Å². The molecule has 7 nitrogen and oxygen atoms in total. The second kappa shape index (κ2) is 5.44. The second-order valence-electron chi connectivity index (χ2n) is 6.05. The minimum Gasteiger partial charge on any atom is -0.480 e. The van der Waals surface area contributed by atoms with Gasteiger partial charge in [0.1, 0.15) is 11.6 Å². The van der Waals surface area contributed by atoms with Gasteiger partial charge in [0.2, 0.25) is 5.91 Å². The van der Waals surface area contributed by atoms with Crippen LogP contribution in [0.1, 0.15) is 27.2 Å². The Labute approximate surface area is 112 Å². The molecule has 1 fully saturated rings. The molecule has 110 valence electrons. The van der Waals surface area contributed by atoms with E-state index in [2.05, 4.69) is 10.2 Å². The fraction of sp³-hybridized carbons (Fsp3) is 0.833. The molecular weight excluding hydrogens is 250 g/mol. The molecule has 1 aliphatic rings. The Morgan fingerprint density at radius 2 is 2.05 bits per heavy atom. The molecule has 7 heteroatoms. The smallest absolute Gasteiger partial charge is 0.328 e. The lowest BCUT2D eigenvalue weighted by molar-refractivity contribution is -0.143. The van der Waals surface area contributed by atoms with Crippen molar-refractivity contribution in [2.24, 2.45) is 5.73 Å². The highest BCUT2D eigenvalue weighted by Crippen LogP contribution is 2.26. The molecule has 19 heavy (non-hydrogen) atoms. The molecule has 1 amide bonds. The van der Waals surface area contributed by atoms with E-state index in [4.69, 9.17) is 15.9 Å². The molecule has 0 aromatic heterocycles. The number of carboxylic acids is 1. The molecule has 1 aliphatic heterocycles. The normalized spacial score (nSPS) is 26.2. The number of likely N-dealkylation sites (tertiary alicyclic amines) is 1. The molecule has 2 atom stereocenters. The van der Waals surface area contributed by atoms with E-state index in [0.717, 1.165) is 0 Å². The number of carbonyl (C=O) groups is 2. The third kappa shape index (κ3) is 3.65. The predicted octanol–water partition coefficient (Wildman–Crippen LogP) is -1.25. The van der Waals surface area contributed by atoms with E-state index < -0.39 is 30.1 Å². The molecular formula is C12H23N3O4. The van der Waals surface area contributed by atoms with Crippen LogP contribution in [0.15, 0.2) is 0 Å². The number of hydrogen-bond donors (Lipinski definition) is 4. The van der Waals surface area contributed by atoms with Gasteiger partial charge >= 0.3 is 5.97 Å².